The summed E-state index contributed by atoms with van der Waals surface area (Å²) in [6, 6.07) is -0.610. The van der Waals surface area contributed by atoms with E-state index in [1.807, 2.05) is 53.7 Å². The van der Waals surface area contributed by atoms with Crippen LogP contribution in [0, 0.1) is 5.92 Å². The van der Waals surface area contributed by atoms with Gasteiger partial charge in [0.15, 0.2) is 0 Å². The van der Waals surface area contributed by atoms with E-state index in [9.17, 15) is 9.59 Å². The number of fused-ring (bicyclic) bond motifs is 1. The lowest BCUT2D eigenvalue weighted by Gasteiger charge is -2.34. The summed E-state index contributed by atoms with van der Waals surface area (Å²) in [6.45, 7) is 10.9. The van der Waals surface area contributed by atoms with Gasteiger partial charge in [0, 0.05) is 5.92 Å². The van der Waals surface area contributed by atoms with Crippen molar-refractivity contribution in [3.05, 3.63) is 12.2 Å². The molecule has 0 aromatic rings. The van der Waals surface area contributed by atoms with Crippen LogP contribution in [0.15, 0.2) is 12.2 Å². The van der Waals surface area contributed by atoms with E-state index < -0.39 is 23.3 Å². The SMILES string of the molecule is CC(C)(C)OC(=O)[C@H]1C[C@H]2C=C[C@H]2N1C(=O)OC(C)(C)C. The van der Waals surface area contributed by atoms with Crippen LogP contribution in [-0.2, 0) is 14.3 Å². The largest absolute Gasteiger partial charge is 0.458 e. The number of esters is 1. The fourth-order valence-electron chi connectivity index (χ4n) is 2.61. The van der Waals surface area contributed by atoms with Gasteiger partial charge in [0.05, 0.1) is 6.04 Å². The van der Waals surface area contributed by atoms with Gasteiger partial charge in [-0.25, -0.2) is 9.59 Å². The Hall–Kier alpha value is -1.52. The van der Waals surface area contributed by atoms with Gasteiger partial charge in [0.1, 0.15) is 17.2 Å². The summed E-state index contributed by atoms with van der Waals surface area (Å²) < 4.78 is 10.9. The van der Waals surface area contributed by atoms with Gasteiger partial charge in [0.2, 0.25) is 0 Å². The van der Waals surface area contributed by atoms with Crippen molar-refractivity contribution in [1.82, 2.24) is 4.90 Å². The molecule has 0 aromatic carbocycles. The van der Waals surface area contributed by atoms with E-state index in [1.54, 1.807) is 0 Å². The quantitative estimate of drug-likeness (QED) is 0.551. The predicted molar refractivity (Wildman–Crippen MR) is 78.7 cm³/mol. The van der Waals surface area contributed by atoms with Crippen molar-refractivity contribution in [3.8, 4) is 0 Å². The third kappa shape index (κ3) is 3.57. The summed E-state index contributed by atoms with van der Waals surface area (Å²) in [5.41, 5.74) is -1.15. The van der Waals surface area contributed by atoms with Gasteiger partial charge in [-0.1, -0.05) is 12.2 Å². The Bertz CT molecular complexity index is 470. The van der Waals surface area contributed by atoms with Gasteiger partial charge < -0.3 is 9.47 Å². The Balaban J connectivity index is 2.13. The zero-order valence-corrected chi connectivity index (χ0v) is 13.7. The molecule has 1 aliphatic carbocycles. The molecule has 1 amide bonds. The van der Waals surface area contributed by atoms with E-state index >= 15 is 0 Å². The Labute approximate surface area is 126 Å². The molecular formula is C16H25NO4. The van der Waals surface area contributed by atoms with E-state index in [4.69, 9.17) is 9.47 Å². The number of rotatable bonds is 1. The fourth-order valence-corrected chi connectivity index (χ4v) is 2.61. The lowest BCUT2D eigenvalue weighted by Crippen LogP contribution is -2.49. The minimum absolute atomic E-state index is 0.0441. The summed E-state index contributed by atoms with van der Waals surface area (Å²) in [4.78, 5) is 26.3. The molecule has 0 aromatic heterocycles. The first-order chi connectivity index (χ1) is 9.48. The summed E-state index contributed by atoms with van der Waals surface area (Å²) in [5, 5.41) is 0. The van der Waals surface area contributed by atoms with Gasteiger partial charge in [-0.15, -0.1) is 0 Å². The standard InChI is InChI=1S/C16H25NO4/c1-15(2,3)20-13(18)12-9-10-7-8-11(10)17(12)14(19)21-16(4,5)6/h7-8,10-12H,9H2,1-6H3/t10-,11-,12-/m1/s1. The average Bonchev–Trinajstić information content (AvgIpc) is 2.45. The molecule has 0 spiro atoms. The molecule has 2 rings (SSSR count). The number of hydrogen-bond acceptors (Lipinski definition) is 4. The smallest absolute Gasteiger partial charge is 0.411 e. The number of carbonyl (C=O) groups excluding carboxylic acids is 2. The summed E-state index contributed by atoms with van der Waals surface area (Å²) in [6.07, 6.45) is 4.14. The average molecular weight is 295 g/mol. The fraction of sp³-hybridized carbons (Fsp3) is 0.750. The molecule has 1 saturated heterocycles. The minimum Gasteiger partial charge on any atom is -0.458 e. The van der Waals surface area contributed by atoms with Crippen LogP contribution in [-0.4, -0.2) is 40.2 Å². The first-order valence-corrected chi connectivity index (χ1v) is 7.40. The van der Waals surface area contributed by atoms with Crippen LogP contribution in [0.5, 0.6) is 0 Å². The van der Waals surface area contributed by atoms with Gasteiger partial charge in [-0.3, -0.25) is 4.90 Å². The zero-order valence-electron chi connectivity index (χ0n) is 13.7. The lowest BCUT2D eigenvalue weighted by atomic mass is 9.89. The van der Waals surface area contributed by atoms with Crippen LogP contribution >= 0.6 is 0 Å². The van der Waals surface area contributed by atoms with Crippen LogP contribution in [0.1, 0.15) is 48.0 Å². The molecule has 2 aliphatic rings. The lowest BCUT2D eigenvalue weighted by molar-refractivity contribution is -0.160. The first-order valence-electron chi connectivity index (χ1n) is 7.40. The highest BCUT2D eigenvalue weighted by molar-refractivity contribution is 5.83. The topological polar surface area (TPSA) is 55.8 Å². The Morgan fingerprint density at radius 2 is 1.57 bits per heavy atom. The summed E-state index contributed by atoms with van der Waals surface area (Å²) in [5.74, 6) is -0.125. The van der Waals surface area contributed by atoms with Crippen molar-refractivity contribution in [2.24, 2.45) is 5.92 Å². The molecule has 5 nitrogen and oxygen atoms in total. The Kier molecular flexibility index (Phi) is 3.80. The van der Waals surface area contributed by atoms with Crippen molar-refractivity contribution in [2.45, 2.75) is 71.2 Å². The Morgan fingerprint density at radius 3 is 2.00 bits per heavy atom. The molecule has 0 bridgehead atoms. The highest BCUT2D eigenvalue weighted by Crippen LogP contribution is 2.39. The predicted octanol–water partition coefficient (Wildman–Crippen LogP) is 2.89. The van der Waals surface area contributed by atoms with Crippen molar-refractivity contribution in [2.75, 3.05) is 0 Å². The van der Waals surface area contributed by atoms with Gasteiger partial charge in [0.25, 0.3) is 0 Å². The second-order valence-corrected chi connectivity index (χ2v) is 7.71. The van der Waals surface area contributed by atoms with Crippen molar-refractivity contribution in [3.63, 3.8) is 0 Å². The number of likely N-dealkylation sites (tertiary alicyclic amines) is 1. The molecule has 0 unspecified atom stereocenters. The van der Waals surface area contributed by atoms with E-state index in [0.717, 1.165) is 0 Å². The summed E-state index contributed by atoms with van der Waals surface area (Å²) >= 11 is 0. The van der Waals surface area contributed by atoms with Crippen LogP contribution in [0.25, 0.3) is 0 Å². The molecule has 118 valence electrons. The van der Waals surface area contributed by atoms with Gasteiger partial charge in [-0.05, 0) is 48.0 Å². The maximum atomic E-state index is 12.4. The molecule has 1 heterocycles. The molecular weight excluding hydrogens is 270 g/mol. The number of amides is 1. The third-order valence-corrected chi connectivity index (χ3v) is 3.43. The van der Waals surface area contributed by atoms with Crippen molar-refractivity contribution >= 4 is 12.1 Å². The molecule has 5 heteroatoms. The summed E-state index contributed by atoms with van der Waals surface area (Å²) in [7, 11) is 0. The van der Waals surface area contributed by atoms with Gasteiger partial charge in [-0.2, -0.15) is 0 Å². The highest BCUT2D eigenvalue weighted by atomic mass is 16.6. The second kappa shape index (κ2) is 5.04. The van der Waals surface area contributed by atoms with Crippen LogP contribution in [0.4, 0.5) is 4.79 Å². The van der Waals surface area contributed by atoms with E-state index in [2.05, 4.69) is 0 Å². The van der Waals surface area contributed by atoms with Crippen LogP contribution in [0.3, 0.4) is 0 Å². The number of nitrogens with zero attached hydrogens (tertiary/aromatic N) is 1. The van der Waals surface area contributed by atoms with Crippen molar-refractivity contribution in [1.29, 1.82) is 0 Å². The highest BCUT2D eigenvalue weighted by Gasteiger charge is 2.50. The van der Waals surface area contributed by atoms with Crippen LogP contribution < -0.4 is 0 Å². The monoisotopic (exact) mass is 295 g/mol. The van der Waals surface area contributed by atoms with E-state index in [-0.39, 0.29) is 17.9 Å². The molecule has 0 N–H and O–H groups in total. The normalized spacial score (nSPS) is 27.9. The first kappa shape index (κ1) is 15.9. The van der Waals surface area contributed by atoms with E-state index in [1.165, 1.54) is 4.90 Å². The molecule has 0 radical (unpaired) electrons. The Morgan fingerprint density at radius 1 is 1.00 bits per heavy atom. The third-order valence-electron chi connectivity index (χ3n) is 3.43. The maximum Gasteiger partial charge on any atom is 0.411 e. The van der Waals surface area contributed by atoms with Gasteiger partial charge >= 0.3 is 12.1 Å². The van der Waals surface area contributed by atoms with Crippen LogP contribution in [0.2, 0.25) is 0 Å². The molecule has 3 atom stereocenters. The zero-order chi connectivity index (χ0) is 16.0. The second-order valence-electron chi connectivity index (χ2n) is 7.71. The number of carbonyl (C=O) groups is 2. The number of hydrogen-bond donors (Lipinski definition) is 0. The minimum atomic E-state index is -0.582. The molecule has 1 aliphatic heterocycles. The number of ether oxygens (including phenoxy) is 2. The molecule has 21 heavy (non-hydrogen) atoms. The van der Waals surface area contributed by atoms with Crippen molar-refractivity contribution < 1.29 is 19.1 Å². The maximum absolute atomic E-state index is 12.4. The van der Waals surface area contributed by atoms with E-state index in [0.29, 0.717) is 6.42 Å². The molecule has 0 saturated carbocycles. The molecule has 1 fully saturated rings.